The summed E-state index contributed by atoms with van der Waals surface area (Å²) in [6.45, 7) is 4.73. The Labute approximate surface area is 128 Å². The Kier molecular flexibility index (Phi) is 4.23. The highest BCUT2D eigenvalue weighted by molar-refractivity contribution is 5.40. The summed E-state index contributed by atoms with van der Waals surface area (Å²) < 4.78 is 5.38. The van der Waals surface area contributed by atoms with Crippen molar-refractivity contribution in [3.63, 3.8) is 0 Å². The lowest BCUT2D eigenvalue weighted by atomic mass is 9.81. The van der Waals surface area contributed by atoms with Crippen LogP contribution < -0.4 is 10.5 Å². The molecule has 0 aromatic heterocycles. The van der Waals surface area contributed by atoms with Crippen LogP contribution in [0.5, 0.6) is 5.75 Å². The summed E-state index contributed by atoms with van der Waals surface area (Å²) in [7, 11) is 1.72. The van der Waals surface area contributed by atoms with Crippen LogP contribution in [0.1, 0.15) is 56.7 Å². The van der Waals surface area contributed by atoms with E-state index in [0.717, 1.165) is 12.2 Å². The van der Waals surface area contributed by atoms with Crippen molar-refractivity contribution in [2.45, 2.75) is 70.1 Å². The van der Waals surface area contributed by atoms with Gasteiger partial charge >= 0.3 is 0 Å². The Balaban J connectivity index is 1.88. The predicted molar refractivity (Wildman–Crippen MR) is 86.6 cm³/mol. The van der Waals surface area contributed by atoms with E-state index in [1.807, 2.05) is 0 Å². The Morgan fingerprint density at radius 1 is 1.14 bits per heavy atom. The van der Waals surface area contributed by atoms with Crippen LogP contribution in [0.4, 0.5) is 0 Å². The van der Waals surface area contributed by atoms with Crippen LogP contribution in [-0.2, 0) is 6.42 Å². The number of aryl methyl sites for hydroxylation is 1. The van der Waals surface area contributed by atoms with Gasteiger partial charge in [-0.25, -0.2) is 0 Å². The van der Waals surface area contributed by atoms with Gasteiger partial charge in [0.2, 0.25) is 0 Å². The molecule has 1 heterocycles. The summed E-state index contributed by atoms with van der Waals surface area (Å²) in [4.78, 5) is 2.69. The minimum atomic E-state index is 0.104. The van der Waals surface area contributed by atoms with Crippen molar-refractivity contribution in [1.29, 1.82) is 0 Å². The molecule has 3 heteroatoms. The van der Waals surface area contributed by atoms with Gasteiger partial charge in [-0.2, -0.15) is 0 Å². The SMILES string of the molecule is COc1ccc2c(c1)C(N)C(N1C(C)CCCC1C)CC2. The molecular formula is C18H28N2O. The van der Waals surface area contributed by atoms with Crippen molar-refractivity contribution in [2.75, 3.05) is 7.11 Å². The summed E-state index contributed by atoms with van der Waals surface area (Å²) in [5.74, 6) is 0.921. The molecule has 0 radical (unpaired) electrons. The summed E-state index contributed by atoms with van der Waals surface area (Å²) >= 11 is 0. The quantitative estimate of drug-likeness (QED) is 0.907. The Morgan fingerprint density at radius 3 is 2.52 bits per heavy atom. The summed E-state index contributed by atoms with van der Waals surface area (Å²) in [5.41, 5.74) is 9.36. The molecule has 0 amide bonds. The van der Waals surface area contributed by atoms with Gasteiger partial charge in [0, 0.05) is 24.2 Å². The van der Waals surface area contributed by atoms with Gasteiger partial charge in [-0.3, -0.25) is 4.90 Å². The number of fused-ring (bicyclic) bond motifs is 1. The first-order valence-electron chi connectivity index (χ1n) is 8.31. The third kappa shape index (κ3) is 2.69. The number of methoxy groups -OCH3 is 1. The van der Waals surface area contributed by atoms with E-state index in [-0.39, 0.29) is 6.04 Å². The second-order valence-corrected chi connectivity index (χ2v) is 6.77. The van der Waals surface area contributed by atoms with Gasteiger partial charge in [0.05, 0.1) is 7.11 Å². The zero-order valence-corrected chi connectivity index (χ0v) is 13.5. The molecule has 116 valence electrons. The first-order chi connectivity index (χ1) is 10.1. The molecule has 2 aliphatic rings. The summed E-state index contributed by atoms with van der Waals surface area (Å²) in [6.07, 6.45) is 6.27. The van der Waals surface area contributed by atoms with Gasteiger partial charge in [0.25, 0.3) is 0 Å². The summed E-state index contributed by atoms with van der Waals surface area (Å²) in [5, 5.41) is 0. The normalized spacial score (nSPS) is 33.5. The maximum absolute atomic E-state index is 6.67. The molecule has 21 heavy (non-hydrogen) atoms. The summed E-state index contributed by atoms with van der Waals surface area (Å²) in [6, 6.07) is 8.26. The molecule has 1 fully saturated rings. The molecule has 1 aliphatic carbocycles. The first-order valence-corrected chi connectivity index (χ1v) is 8.31. The molecule has 1 aromatic carbocycles. The second-order valence-electron chi connectivity index (χ2n) is 6.77. The fraction of sp³-hybridized carbons (Fsp3) is 0.667. The van der Waals surface area contributed by atoms with E-state index in [0.29, 0.717) is 18.1 Å². The van der Waals surface area contributed by atoms with Crippen molar-refractivity contribution in [2.24, 2.45) is 5.73 Å². The van der Waals surface area contributed by atoms with Crippen LogP contribution >= 0.6 is 0 Å². The lowest BCUT2D eigenvalue weighted by molar-refractivity contribution is 0.0352. The Hall–Kier alpha value is -1.06. The smallest absolute Gasteiger partial charge is 0.119 e. The van der Waals surface area contributed by atoms with E-state index in [1.54, 1.807) is 7.11 Å². The molecule has 1 aliphatic heterocycles. The number of hydrogen-bond donors (Lipinski definition) is 1. The number of ether oxygens (including phenoxy) is 1. The van der Waals surface area contributed by atoms with Crippen molar-refractivity contribution >= 4 is 0 Å². The standard InChI is InChI=1S/C18H28N2O/c1-12-5-4-6-13(2)20(12)17-10-8-14-7-9-15(21-3)11-16(14)18(17)19/h7,9,11-13,17-18H,4-6,8,10,19H2,1-3H3. The first kappa shape index (κ1) is 14.9. The van der Waals surface area contributed by atoms with Crippen molar-refractivity contribution in [3.05, 3.63) is 29.3 Å². The van der Waals surface area contributed by atoms with Crippen molar-refractivity contribution in [3.8, 4) is 5.75 Å². The fourth-order valence-electron chi connectivity index (χ4n) is 4.36. The minimum Gasteiger partial charge on any atom is -0.497 e. The Morgan fingerprint density at radius 2 is 1.86 bits per heavy atom. The van der Waals surface area contributed by atoms with Crippen LogP contribution in [0, 0.1) is 0 Å². The predicted octanol–water partition coefficient (Wildman–Crippen LogP) is 3.27. The molecule has 2 N–H and O–H groups in total. The zero-order valence-electron chi connectivity index (χ0n) is 13.5. The van der Waals surface area contributed by atoms with Crippen LogP contribution in [0.2, 0.25) is 0 Å². The molecule has 4 unspecified atom stereocenters. The molecule has 1 saturated heterocycles. The molecule has 0 saturated carbocycles. The van der Waals surface area contributed by atoms with Gasteiger partial charge in [-0.1, -0.05) is 12.5 Å². The molecule has 0 bridgehead atoms. The van der Waals surface area contributed by atoms with E-state index in [4.69, 9.17) is 10.5 Å². The third-order valence-corrected chi connectivity index (χ3v) is 5.48. The lowest BCUT2D eigenvalue weighted by Gasteiger charge is -2.48. The van der Waals surface area contributed by atoms with Gasteiger partial charge < -0.3 is 10.5 Å². The average molecular weight is 288 g/mol. The van der Waals surface area contributed by atoms with Crippen molar-refractivity contribution < 1.29 is 4.74 Å². The number of piperidine rings is 1. The van der Waals surface area contributed by atoms with E-state index >= 15 is 0 Å². The van der Waals surface area contributed by atoms with Gasteiger partial charge in [-0.05, 0) is 62.8 Å². The number of hydrogen-bond acceptors (Lipinski definition) is 3. The van der Waals surface area contributed by atoms with E-state index in [1.165, 1.54) is 36.8 Å². The third-order valence-electron chi connectivity index (χ3n) is 5.48. The monoisotopic (exact) mass is 288 g/mol. The zero-order chi connectivity index (χ0) is 15.0. The van der Waals surface area contributed by atoms with Crippen LogP contribution in [0.3, 0.4) is 0 Å². The molecule has 3 nitrogen and oxygen atoms in total. The fourth-order valence-corrected chi connectivity index (χ4v) is 4.36. The molecule has 0 spiro atoms. The number of nitrogens with two attached hydrogens (primary N) is 1. The van der Waals surface area contributed by atoms with E-state index in [2.05, 4.69) is 36.9 Å². The van der Waals surface area contributed by atoms with E-state index in [9.17, 15) is 0 Å². The molecule has 1 aromatic rings. The highest BCUT2D eigenvalue weighted by Gasteiger charge is 2.37. The highest BCUT2D eigenvalue weighted by atomic mass is 16.5. The number of benzene rings is 1. The molecule has 3 rings (SSSR count). The topological polar surface area (TPSA) is 38.5 Å². The largest absolute Gasteiger partial charge is 0.497 e. The average Bonchev–Trinajstić information content (AvgIpc) is 2.49. The van der Waals surface area contributed by atoms with Gasteiger partial charge in [-0.15, -0.1) is 0 Å². The molecule has 4 atom stereocenters. The van der Waals surface area contributed by atoms with E-state index < -0.39 is 0 Å². The second kappa shape index (κ2) is 5.98. The molecular weight excluding hydrogens is 260 g/mol. The number of likely N-dealkylation sites (tertiary alicyclic amines) is 1. The van der Waals surface area contributed by atoms with Crippen LogP contribution in [-0.4, -0.2) is 30.1 Å². The minimum absolute atomic E-state index is 0.104. The van der Waals surface area contributed by atoms with Gasteiger partial charge in [0.15, 0.2) is 0 Å². The maximum atomic E-state index is 6.67. The van der Waals surface area contributed by atoms with Crippen molar-refractivity contribution in [1.82, 2.24) is 4.90 Å². The van der Waals surface area contributed by atoms with Gasteiger partial charge in [0.1, 0.15) is 5.75 Å². The highest BCUT2D eigenvalue weighted by Crippen LogP contribution is 2.37. The van der Waals surface area contributed by atoms with Crippen LogP contribution in [0.25, 0.3) is 0 Å². The Bertz CT molecular complexity index is 492. The number of rotatable bonds is 2. The lowest BCUT2D eigenvalue weighted by Crippen LogP contribution is -2.54. The number of nitrogens with zero attached hydrogens (tertiary/aromatic N) is 1. The maximum Gasteiger partial charge on any atom is 0.119 e. The van der Waals surface area contributed by atoms with Crippen LogP contribution in [0.15, 0.2) is 18.2 Å².